The van der Waals surface area contributed by atoms with Gasteiger partial charge in [0.2, 0.25) is 41.4 Å². The number of phenols is 1. The average Bonchev–Trinajstić information content (AvgIpc) is 2.52. The number of unbranched alkanes of at least 4 members (excludes halogenated alkanes) is 5. The number of amides is 7. The lowest BCUT2D eigenvalue weighted by Gasteiger charge is -2.35. The lowest BCUT2D eigenvalue weighted by molar-refractivity contribution is -0.148. The summed E-state index contributed by atoms with van der Waals surface area (Å²) in [6.07, 6.45) is -6.95. The second kappa shape index (κ2) is 38.1. The molecule has 20 N–H and O–H groups in total. The Morgan fingerprint density at radius 2 is 1.25 bits per heavy atom. The lowest BCUT2D eigenvalue weighted by Crippen LogP contribution is -2.65. The number of aromatic hydroxyl groups is 1. The van der Waals surface area contributed by atoms with Crippen molar-refractivity contribution < 1.29 is 94.2 Å². The largest absolute Gasteiger partial charge is 0.508 e. The van der Waals surface area contributed by atoms with Crippen LogP contribution < -0.4 is 43.4 Å². The van der Waals surface area contributed by atoms with Crippen LogP contribution in [0.2, 0.25) is 0 Å². The Kier molecular flexibility index (Phi) is 33.6. The number of nitrogens with zero attached hydrogens (tertiary/aromatic N) is 2. The predicted octanol–water partition coefficient (Wildman–Crippen LogP) is -3.13. The summed E-state index contributed by atoms with van der Waals surface area (Å²) in [5.41, 5.74) is 11.5. The van der Waals surface area contributed by atoms with E-state index in [-0.39, 0.29) is 56.8 Å². The van der Waals surface area contributed by atoms with Crippen molar-refractivity contribution in [3.63, 3.8) is 0 Å². The summed E-state index contributed by atoms with van der Waals surface area (Å²) < 4.78 is 0. The number of carboxylic acids is 2. The number of fused-ring (bicyclic) bond motifs is 2. The van der Waals surface area contributed by atoms with E-state index in [2.05, 4.69) is 52.7 Å². The number of aliphatic hydroxyl groups is 7. The third kappa shape index (κ3) is 25.4. The molecular weight excluding hydrogens is 1120 g/mol. The van der Waals surface area contributed by atoms with Crippen LogP contribution in [0.1, 0.15) is 143 Å². The molecule has 0 bridgehead atoms. The lowest BCUT2D eigenvalue weighted by atomic mass is 9.91. The van der Waals surface area contributed by atoms with Crippen LogP contribution in [0.5, 0.6) is 5.75 Å². The minimum absolute atomic E-state index is 0.0257. The van der Waals surface area contributed by atoms with Crippen LogP contribution in [0, 0.1) is 11.8 Å². The van der Waals surface area contributed by atoms with E-state index in [1.807, 2.05) is 0 Å². The van der Waals surface area contributed by atoms with Crippen LogP contribution in [-0.2, 0) is 43.2 Å². The van der Waals surface area contributed by atoms with E-state index in [0.29, 0.717) is 24.7 Å². The number of carboxylic acid groups (broad SMARTS) is 2. The zero-order chi connectivity index (χ0) is 64.2. The summed E-state index contributed by atoms with van der Waals surface area (Å²) in [4.78, 5) is 120. The maximum Gasteiger partial charge on any atom is 0.300 e. The quantitative estimate of drug-likeness (QED) is 0.0482. The Hall–Kier alpha value is -6.15. The molecule has 7 amide bonds. The summed E-state index contributed by atoms with van der Waals surface area (Å²) >= 11 is 0. The molecule has 0 spiro atoms. The van der Waals surface area contributed by atoms with Gasteiger partial charge in [0.15, 0.2) is 0 Å². The number of carbonyl (C=O) groups is 9. The van der Waals surface area contributed by atoms with Gasteiger partial charge in [-0.15, -0.1) is 0 Å². The molecule has 7 unspecified atom stereocenters. The zero-order valence-electron chi connectivity index (χ0n) is 49.7. The smallest absolute Gasteiger partial charge is 0.300 e. The number of nitrogens with two attached hydrogens (primary N) is 2. The molecule has 0 saturated carbocycles. The van der Waals surface area contributed by atoms with Gasteiger partial charge in [-0.2, -0.15) is 0 Å². The Morgan fingerprint density at radius 1 is 0.682 bits per heavy atom. The molecule has 1 aromatic carbocycles. The highest BCUT2D eigenvalue weighted by atomic mass is 16.4. The van der Waals surface area contributed by atoms with Crippen molar-refractivity contribution in [3.05, 3.63) is 29.8 Å². The molecule has 0 aliphatic carbocycles. The zero-order valence-corrected chi connectivity index (χ0v) is 49.7. The van der Waals surface area contributed by atoms with Crippen molar-refractivity contribution in [3.8, 4) is 5.75 Å². The van der Waals surface area contributed by atoms with E-state index in [1.165, 1.54) is 30.7 Å². The maximum absolute atomic E-state index is 14.6. The first-order chi connectivity index (χ1) is 40.0. The Balaban J connectivity index is 0.00000289. The molecule has 484 valence electrons. The van der Waals surface area contributed by atoms with Gasteiger partial charge in [-0.05, 0) is 68.7 Å². The molecule has 3 aliphatic rings. The third-order valence-electron chi connectivity index (χ3n) is 14.9. The predicted molar refractivity (Wildman–Crippen MR) is 307 cm³/mol. The summed E-state index contributed by atoms with van der Waals surface area (Å²) in [6, 6.07) is -6.40. The summed E-state index contributed by atoms with van der Waals surface area (Å²) in [6.45, 7) is 8.90. The molecule has 85 heavy (non-hydrogen) atoms. The van der Waals surface area contributed by atoms with Crippen molar-refractivity contribution in [1.82, 2.24) is 41.7 Å². The fourth-order valence-corrected chi connectivity index (χ4v) is 10.2. The molecule has 16 atom stereocenters. The standard InChI is InChI=1S/C52H88N10O15.2C2H4O2/c1-5-28(2)24-29(3)12-10-8-6-7-9-11-13-39(69)56-34-26-38(68)46(55-22-21-54)60-50(75)43-37(67)19-23-61(43)52(77)41(36(66)18-20-53)58-49(74)42(45(71)44(70)31-14-16-32(64)17-15-31)59-48(73)35-25-33(65)27-62(35)51(76)40(30(4)63)57-47(34)72;2*1-2(3)4/h14-17,28-30,33-38,40-46,55,63-68,70-71H,5-13,18-27,53-54H2,1-4H3,(H,56,69)(H,57,72)(H,58,74)(H,59,73)(H,60,75);2*1H3,(H,3,4)/t28?,29?,30-,33-,34-,35?,36+,37-,38+,40?,41?,42?,43?,44-,45-,46-;;/m0../s1. The van der Waals surface area contributed by atoms with Crippen LogP contribution in [0.4, 0.5) is 0 Å². The first-order valence-electron chi connectivity index (χ1n) is 29.2. The van der Waals surface area contributed by atoms with Crippen LogP contribution in [-0.4, -0.2) is 226 Å². The summed E-state index contributed by atoms with van der Waals surface area (Å²) in [7, 11) is 0. The molecule has 1 aromatic rings. The van der Waals surface area contributed by atoms with Crippen LogP contribution in [0.15, 0.2) is 24.3 Å². The molecule has 3 heterocycles. The molecule has 29 nitrogen and oxygen atoms in total. The van der Waals surface area contributed by atoms with Gasteiger partial charge in [0.1, 0.15) is 60.4 Å². The van der Waals surface area contributed by atoms with E-state index < -0.39 is 158 Å². The van der Waals surface area contributed by atoms with E-state index in [4.69, 9.17) is 31.3 Å². The number of phenolic OH excluding ortho intramolecular Hbond substituents is 1. The van der Waals surface area contributed by atoms with Gasteiger partial charge < -0.3 is 98.9 Å². The highest BCUT2D eigenvalue weighted by Gasteiger charge is 2.49. The maximum atomic E-state index is 14.6. The number of aliphatic hydroxyl groups excluding tert-OH is 7. The molecule has 0 radical (unpaired) electrons. The highest BCUT2D eigenvalue weighted by molar-refractivity contribution is 5.98. The van der Waals surface area contributed by atoms with E-state index in [1.54, 1.807) is 0 Å². The third-order valence-corrected chi connectivity index (χ3v) is 14.9. The van der Waals surface area contributed by atoms with Gasteiger partial charge >= 0.3 is 0 Å². The second-order valence-electron chi connectivity index (χ2n) is 22.3. The summed E-state index contributed by atoms with van der Waals surface area (Å²) in [5.74, 6) is -8.10. The minimum Gasteiger partial charge on any atom is -0.508 e. The van der Waals surface area contributed by atoms with Crippen molar-refractivity contribution in [2.75, 3.05) is 32.7 Å². The van der Waals surface area contributed by atoms with Crippen molar-refractivity contribution in [2.24, 2.45) is 23.3 Å². The first-order valence-corrected chi connectivity index (χ1v) is 29.2. The SMILES string of the molecule is CC(=O)O.CC(=O)O.CCC(C)CC(C)CCCCCCCCC(=O)N[C@H]1C[C@@H](O)[C@@H](NCCN)NC(=O)C2[C@@H](O)CCN2C(=O)C([C@H](O)CCN)NC(=O)C([C@H](O)[C@@H](O)c2ccc(O)cc2)NC(=O)C2C[C@H](O)CN2C(=O)C([C@H](C)O)NC1=O. The van der Waals surface area contributed by atoms with Crippen molar-refractivity contribution >= 4 is 53.3 Å². The highest BCUT2D eigenvalue weighted by Crippen LogP contribution is 2.27. The molecule has 4 rings (SSSR count). The van der Waals surface area contributed by atoms with Gasteiger partial charge in [-0.3, -0.25) is 48.5 Å². The summed E-state index contributed by atoms with van der Waals surface area (Å²) in [5, 5.41) is 119. The van der Waals surface area contributed by atoms with Crippen molar-refractivity contribution in [2.45, 2.75) is 217 Å². The number of benzene rings is 1. The minimum atomic E-state index is -2.28. The number of hydrogen-bond acceptors (Lipinski definition) is 20. The number of aliphatic carboxylic acids is 2. The van der Waals surface area contributed by atoms with Crippen LogP contribution in [0.3, 0.4) is 0 Å². The van der Waals surface area contributed by atoms with Crippen LogP contribution in [0.25, 0.3) is 0 Å². The molecule has 0 aromatic heterocycles. The molecule has 29 heteroatoms. The van der Waals surface area contributed by atoms with Gasteiger partial charge in [-0.25, -0.2) is 0 Å². The number of rotatable bonds is 23. The Labute approximate surface area is 496 Å². The van der Waals surface area contributed by atoms with Crippen molar-refractivity contribution in [1.29, 1.82) is 0 Å². The molecular formula is C56H96N10O19. The average molecular weight is 1210 g/mol. The molecule has 3 saturated heterocycles. The fraction of sp³-hybridized carbons (Fsp3) is 0.732. The monoisotopic (exact) mass is 1210 g/mol. The molecule has 3 aliphatic heterocycles. The first kappa shape index (κ1) is 74.9. The Bertz CT molecular complexity index is 2270. The van der Waals surface area contributed by atoms with Crippen LogP contribution >= 0.6 is 0 Å². The second-order valence-corrected chi connectivity index (χ2v) is 22.3. The van der Waals surface area contributed by atoms with Gasteiger partial charge in [0.25, 0.3) is 11.9 Å². The Morgan fingerprint density at radius 3 is 1.82 bits per heavy atom. The topological polar surface area (TPSA) is 487 Å². The van der Waals surface area contributed by atoms with E-state index in [0.717, 1.165) is 69.1 Å². The van der Waals surface area contributed by atoms with Gasteiger partial charge in [0.05, 0.1) is 30.5 Å². The number of nitrogens with one attached hydrogen (secondary N) is 6. The number of hydrogen-bond donors (Lipinski definition) is 18. The van der Waals surface area contributed by atoms with E-state index >= 15 is 0 Å². The fourth-order valence-electron chi connectivity index (χ4n) is 10.2. The normalized spacial score (nSPS) is 26.5. The van der Waals surface area contributed by atoms with Gasteiger partial charge in [0, 0.05) is 59.3 Å². The number of carbonyl (C=O) groups excluding carboxylic acids is 7. The van der Waals surface area contributed by atoms with E-state index in [9.17, 15) is 74.4 Å². The van der Waals surface area contributed by atoms with Gasteiger partial charge in [-0.1, -0.05) is 77.8 Å². The molecule has 3 fully saturated rings.